The van der Waals surface area contributed by atoms with Gasteiger partial charge in [-0.3, -0.25) is 9.71 Å². The summed E-state index contributed by atoms with van der Waals surface area (Å²) in [6, 6.07) is 7.33. The molecule has 1 aliphatic heterocycles. The molecule has 5 N–H and O–H groups in total. The van der Waals surface area contributed by atoms with Gasteiger partial charge in [0.15, 0.2) is 5.17 Å². The molecule has 0 amide bonds. The molecule has 0 aliphatic carbocycles. The minimum absolute atomic E-state index is 0.258. The summed E-state index contributed by atoms with van der Waals surface area (Å²) in [5.74, 6) is -1.44. The summed E-state index contributed by atoms with van der Waals surface area (Å²) >= 11 is 1.20. The molecule has 2 atom stereocenters. The van der Waals surface area contributed by atoms with Crippen molar-refractivity contribution in [1.82, 2.24) is 0 Å². The number of nitrogens with one attached hydrogen (secondary N) is 1. The number of hydrogen-bond acceptors (Lipinski definition) is 7. The van der Waals surface area contributed by atoms with E-state index >= 15 is 0 Å². The lowest BCUT2D eigenvalue weighted by molar-refractivity contribution is -0.274. The van der Waals surface area contributed by atoms with Gasteiger partial charge < -0.3 is 16.2 Å². The molecule has 2 unspecified atom stereocenters. The van der Waals surface area contributed by atoms with E-state index in [0.29, 0.717) is 12.0 Å². The standard InChI is InChI=1S/C18H18F4N4O3S2/c1-17(9-15(23)30-16(24)25-17)10-2-7-13(19)14(8-10)26-31(27,28)12-5-3-11(4-6-12)29-18(20,21)22/h2-8,15,26H,9,23H2,1H3,(H2,24,25). The fraction of sp³-hybridized carbons (Fsp3) is 0.278. The van der Waals surface area contributed by atoms with E-state index in [1.807, 2.05) is 0 Å². The van der Waals surface area contributed by atoms with Crippen LogP contribution in [0.15, 0.2) is 52.4 Å². The monoisotopic (exact) mass is 478 g/mol. The highest BCUT2D eigenvalue weighted by Crippen LogP contribution is 2.38. The number of nitrogens with zero attached hydrogens (tertiary/aromatic N) is 1. The topological polar surface area (TPSA) is 120 Å². The number of anilines is 1. The molecule has 0 saturated heterocycles. The minimum atomic E-state index is -4.91. The second-order valence-electron chi connectivity index (χ2n) is 6.90. The Morgan fingerprint density at radius 1 is 1.23 bits per heavy atom. The maximum Gasteiger partial charge on any atom is 0.573 e. The van der Waals surface area contributed by atoms with Crippen LogP contribution in [0.25, 0.3) is 0 Å². The molecule has 0 saturated carbocycles. The van der Waals surface area contributed by atoms with Crippen molar-refractivity contribution < 1.29 is 30.7 Å². The van der Waals surface area contributed by atoms with Crippen LogP contribution in [0.4, 0.5) is 23.2 Å². The van der Waals surface area contributed by atoms with Crippen LogP contribution in [-0.2, 0) is 15.6 Å². The number of thioether (sulfide) groups is 1. The zero-order valence-electron chi connectivity index (χ0n) is 16.0. The van der Waals surface area contributed by atoms with Crippen LogP contribution in [0.5, 0.6) is 5.75 Å². The predicted octanol–water partition coefficient (Wildman–Crippen LogP) is 3.48. The molecule has 3 rings (SSSR count). The van der Waals surface area contributed by atoms with E-state index in [1.54, 1.807) is 6.92 Å². The van der Waals surface area contributed by atoms with Gasteiger partial charge in [-0.05, 0) is 48.9 Å². The summed E-state index contributed by atoms with van der Waals surface area (Å²) < 4.78 is 82.2. The lowest BCUT2D eigenvalue weighted by atomic mass is 9.88. The van der Waals surface area contributed by atoms with Gasteiger partial charge in [0.05, 0.1) is 21.5 Å². The van der Waals surface area contributed by atoms with Crippen LogP contribution in [0.2, 0.25) is 0 Å². The molecule has 168 valence electrons. The first-order chi connectivity index (χ1) is 14.3. The van der Waals surface area contributed by atoms with Crippen LogP contribution in [-0.4, -0.2) is 25.3 Å². The van der Waals surface area contributed by atoms with Crippen LogP contribution in [0, 0.1) is 5.82 Å². The molecule has 0 radical (unpaired) electrons. The molecule has 0 spiro atoms. The second-order valence-corrected chi connectivity index (χ2v) is 9.85. The Morgan fingerprint density at radius 2 is 1.87 bits per heavy atom. The van der Waals surface area contributed by atoms with Gasteiger partial charge in [0.1, 0.15) is 11.6 Å². The normalized spacial score (nSPS) is 22.0. The maximum absolute atomic E-state index is 14.3. The maximum atomic E-state index is 14.3. The van der Waals surface area contributed by atoms with E-state index in [4.69, 9.17) is 11.5 Å². The molecule has 2 aromatic carbocycles. The Kier molecular flexibility index (Phi) is 6.13. The zero-order valence-corrected chi connectivity index (χ0v) is 17.6. The van der Waals surface area contributed by atoms with Crippen molar-refractivity contribution in [2.45, 2.75) is 35.5 Å². The van der Waals surface area contributed by atoms with Crippen LogP contribution < -0.4 is 20.9 Å². The molecule has 0 bridgehead atoms. The molecule has 0 fully saturated rings. The first kappa shape index (κ1) is 23.2. The SMILES string of the molecule is CC1(c2ccc(F)c(NS(=O)(=O)c3ccc(OC(F)(F)F)cc3)c2)CC(N)SC(N)=N1. The van der Waals surface area contributed by atoms with Crippen molar-refractivity contribution in [2.75, 3.05) is 4.72 Å². The quantitative estimate of drug-likeness (QED) is 0.566. The van der Waals surface area contributed by atoms with Gasteiger partial charge in [-0.25, -0.2) is 12.8 Å². The van der Waals surface area contributed by atoms with Gasteiger partial charge in [-0.15, -0.1) is 13.2 Å². The van der Waals surface area contributed by atoms with Gasteiger partial charge >= 0.3 is 6.36 Å². The van der Waals surface area contributed by atoms with E-state index in [2.05, 4.69) is 14.5 Å². The van der Waals surface area contributed by atoms with Crippen LogP contribution in [0.3, 0.4) is 0 Å². The van der Waals surface area contributed by atoms with Crippen molar-refractivity contribution >= 4 is 32.6 Å². The highest BCUT2D eigenvalue weighted by Gasteiger charge is 2.34. The van der Waals surface area contributed by atoms with E-state index in [0.717, 1.165) is 30.3 Å². The molecule has 1 heterocycles. The largest absolute Gasteiger partial charge is 0.573 e. The lowest BCUT2D eigenvalue weighted by Gasteiger charge is -2.33. The Balaban J connectivity index is 1.88. The summed E-state index contributed by atoms with van der Waals surface area (Å²) in [4.78, 5) is 3.99. The Morgan fingerprint density at radius 3 is 2.45 bits per heavy atom. The molecule has 31 heavy (non-hydrogen) atoms. The Hall–Kier alpha value is -2.51. The number of amidine groups is 1. The van der Waals surface area contributed by atoms with E-state index in [1.165, 1.54) is 23.9 Å². The van der Waals surface area contributed by atoms with Crippen molar-refractivity contribution in [3.8, 4) is 5.75 Å². The summed E-state index contributed by atoms with van der Waals surface area (Å²) in [5, 5.41) is -0.0843. The first-order valence-electron chi connectivity index (χ1n) is 8.74. The highest BCUT2D eigenvalue weighted by atomic mass is 32.2. The molecule has 13 heteroatoms. The Labute approximate surface area is 179 Å². The van der Waals surface area contributed by atoms with Gasteiger partial charge in [0.2, 0.25) is 0 Å². The third-order valence-corrected chi connectivity index (χ3v) is 6.61. The van der Waals surface area contributed by atoms with Crippen molar-refractivity contribution in [3.05, 3.63) is 53.8 Å². The minimum Gasteiger partial charge on any atom is -0.406 e. The molecule has 1 aliphatic rings. The highest BCUT2D eigenvalue weighted by molar-refractivity contribution is 8.14. The second kappa shape index (κ2) is 8.20. The smallest absolute Gasteiger partial charge is 0.406 e. The number of hydrogen-bond donors (Lipinski definition) is 3. The summed E-state index contributed by atoms with van der Waals surface area (Å²) in [6.07, 6.45) is -4.53. The molecule has 2 aromatic rings. The number of ether oxygens (including phenoxy) is 1. The average molecular weight is 478 g/mol. The number of nitrogens with two attached hydrogens (primary N) is 2. The number of aliphatic imine (C=N–C) groups is 1. The fourth-order valence-corrected chi connectivity index (χ4v) is 5.08. The van der Waals surface area contributed by atoms with Crippen molar-refractivity contribution in [2.24, 2.45) is 16.5 Å². The van der Waals surface area contributed by atoms with E-state index in [-0.39, 0.29) is 21.1 Å². The predicted molar refractivity (Wildman–Crippen MR) is 109 cm³/mol. The molecule has 7 nitrogen and oxygen atoms in total. The molecular formula is C18H18F4N4O3S2. The third-order valence-electron chi connectivity index (χ3n) is 4.43. The average Bonchev–Trinajstić information content (AvgIpc) is 2.61. The van der Waals surface area contributed by atoms with Crippen LogP contribution in [0.1, 0.15) is 18.9 Å². The number of halogens is 4. The number of alkyl halides is 3. The number of sulfonamides is 1. The summed E-state index contributed by atoms with van der Waals surface area (Å²) in [7, 11) is -4.30. The fourth-order valence-electron chi connectivity index (χ4n) is 3.05. The van der Waals surface area contributed by atoms with E-state index in [9.17, 15) is 26.0 Å². The van der Waals surface area contributed by atoms with Crippen LogP contribution >= 0.6 is 11.8 Å². The number of rotatable bonds is 5. The van der Waals surface area contributed by atoms with Gasteiger partial charge in [-0.1, -0.05) is 17.8 Å². The van der Waals surface area contributed by atoms with Gasteiger partial charge in [0.25, 0.3) is 10.0 Å². The summed E-state index contributed by atoms with van der Waals surface area (Å²) in [5.41, 5.74) is 11.0. The van der Waals surface area contributed by atoms with Crippen molar-refractivity contribution in [3.63, 3.8) is 0 Å². The molecular weight excluding hydrogens is 460 g/mol. The number of benzene rings is 2. The first-order valence-corrected chi connectivity index (χ1v) is 11.1. The zero-order chi connectivity index (χ0) is 23.0. The molecule has 0 aromatic heterocycles. The van der Waals surface area contributed by atoms with E-state index < -0.39 is 33.5 Å². The summed E-state index contributed by atoms with van der Waals surface area (Å²) in [6.45, 7) is 1.74. The Bertz CT molecular complexity index is 1110. The van der Waals surface area contributed by atoms with Gasteiger partial charge in [0, 0.05) is 6.42 Å². The lowest BCUT2D eigenvalue weighted by Crippen LogP contribution is -2.37. The van der Waals surface area contributed by atoms with Gasteiger partial charge in [-0.2, -0.15) is 0 Å². The third kappa shape index (κ3) is 5.60. The van der Waals surface area contributed by atoms with Crippen molar-refractivity contribution in [1.29, 1.82) is 0 Å².